The zero-order valence-corrected chi connectivity index (χ0v) is 21.3. The maximum atomic E-state index is 12.4. The van der Waals surface area contributed by atoms with Gasteiger partial charge in [-0.05, 0) is 74.8 Å². The number of hydrogen-bond acceptors (Lipinski definition) is 5. The van der Waals surface area contributed by atoms with Crippen molar-refractivity contribution in [3.8, 4) is 11.5 Å². The molecule has 2 fully saturated rings. The number of carbonyl (C=O) groups is 1. The van der Waals surface area contributed by atoms with Crippen molar-refractivity contribution < 1.29 is 24.5 Å². The molecule has 0 bridgehead atoms. The van der Waals surface area contributed by atoms with Crippen LogP contribution in [-0.4, -0.2) is 35.0 Å². The highest BCUT2D eigenvalue weighted by Gasteiger charge is 2.67. The molecule has 2 N–H and O–H groups in total. The van der Waals surface area contributed by atoms with Gasteiger partial charge in [0.25, 0.3) is 0 Å². The van der Waals surface area contributed by atoms with E-state index in [1.165, 1.54) is 7.11 Å². The lowest BCUT2D eigenvalue weighted by Gasteiger charge is -2.64. The van der Waals surface area contributed by atoms with Gasteiger partial charge < -0.3 is 19.7 Å². The van der Waals surface area contributed by atoms with E-state index in [0.29, 0.717) is 27.0 Å². The molecule has 3 aliphatic rings. The van der Waals surface area contributed by atoms with Crippen LogP contribution in [0.15, 0.2) is 8.95 Å². The van der Waals surface area contributed by atoms with Crippen molar-refractivity contribution in [2.75, 3.05) is 7.11 Å². The number of phenolic OH excluding ortho intramolecular Hbond substituents is 1. The predicted octanol–water partition coefficient (Wildman–Crippen LogP) is 5.61. The third-order valence-corrected chi connectivity index (χ3v) is 10.2. The van der Waals surface area contributed by atoms with Crippen LogP contribution in [0.2, 0.25) is 0 Å². The second kappa shape index (κ2) is 7.11. The first-order valence-corrected chi connectivity index (χ1v) is 12.2. The van der Waals surface area contributed by atoms with Gasteiger partial charge in [0.15, 0.2) is 0 Å². The van der Waals surface area contributed by atoms with E-state index in [1.54, 1.807) is 0 Å². The van der Waals surface area contributed by atoms with Gasteiger partial charge in [0.2, 0.25) is 0 Å². The van der Waals surface area contributed by atoms with Crippen LogP contribution in [0.5, 0.6) is 11.5 Å². The van der Waals surface area contributed by atoms with E-state index >= 15 is 0 Å². The Morgan fingerprint density at radius 2 is 1.83 bits per heavy atom. The Morgan fingerprint density at radius 1 is 1.17 bits per heavy atom. The summed E-state index contributed by atoms with van der Waals surface area (Å²) in [5.74, 6) is 0.596. The van der Waals surface area contributed by atoms with Crippen molar-refractivity contribution in [1.29, 1.82) is 0 Å². The van der Waals surface area contributed by atoms with Gasteiger partial charge in [0.05, 0.1) is 27.7 Å². The van der Waals surface area contributed by atoms with Crippen molar-refractivity contribution >= 4 is 37.8 Å². The van der Waals surface area contributed by atoms with Crippen LogP contribution in [0.1, 0.15) is 69.3 Å². The molecule has 0 unspecified atom stereocenters. The van der Waals surface area contributed by atoms with Crippen molar-refractivity contribution in [3.05, 3.63) is 20.1 Å². The minimum absolute atomic E-state index is 0.0403. The summed E-state index contributed by atoms with van der Waals surface area (Å²) in [6.45, 7) is 8.87. The molecule has 1 aliphatic heterocycles. The first-order chi connectivity index (χ1) is 13.9. The first-order valence-electron chi connectivity index (χ1n) is 10.6. The van der Waals surface area contributed by atoms with Crippen LogP contribution in [0.3, 0.4) is 0 Å². The van der Waals surface area contributed by atoms with E-state index in [4.69, 9.17) is 9.47 Å². The van der Waals surface area contributed by atoms with Crippen molar-refractivity contribution in [3.63, 3.8) is 0 Å². The summed E-state index contributed by atoms with van der Waals surface area (Å²) in [4.78, 5) is 12.4. The number of benzene rings is 1. The van der Waals surface area contributed by atoms with Crippen molar-refractivity contribution in [1.82, 2.24) is 0 Å². The van der Waals surface area contributed by atoms with Gasteiger partial charge in [-0.3, -0.25) is 0 Å². The molecule has 2 saturated carbocycles. The topological polar surface area (TPSA) is 76.0 Å². The zero-order chi connectivity index (χ0) is 22.2. The molecule has 4 rings (SSSR count). The van der Waals surface area contributed by atoms with Crippen LogP contribution in [-0.2, 0) is 11.2 Å². The fourth-order valence-corrected chi connectivity index (χ4v) is 8.32. The molecule has 1 heterocycles. The number of aromatic hydroxyl groups is 1. The largest absolute Gasteiger partial charge is 0.506 e. The average Bonchev–Trinajstić information content (AvgIpc) is 3.11. The molecule has 0 saturated heterocycles. The Hall–Kier alpha value is -0.790. The molecule has 1 spiro atoms. The number of phenols is 1. The monoisotopic (exact) mass is 544 g/mol. The molecule has 1 aromatic carbocycles. The third-order valence-electron chi connectivity index (χ3n) is 8.63. The minimum Gasteiger partial charge on any atom is -0.506 e. The lowest BCUT2D eigenvalue weighted by molar-refractivity contribution is -0.210. The Bertz CT molecular complexity index is 914. The summed E-state index contributed by atoms with van der Waals surface area (Å²) < 4.78 is 12.6. The molecule has 5 atom stereocenters. The van der Waals surface area contributed by atoms with Gasteiger partial charge in [-0.25, -0.2) is 4.79 Å². The summed E-state index contributed by atoms with van der Waals surface area (Å²) in [5.41, 5.74) is 0.0597. The average molecular weight is 546 g/mol. The molecule has 5 nitrogen and oxygen atoms in total. The number of ether oxygens (including phenoxy) is 2. The van der Waals surface area contributed by atoms with E-state index < -0.39 is 11.6 Å². The van der Waals surface area contributed by atoms with Crippen molar-refractivity contribution in [2.45, 2.75) is 71.5 Å². The number of rotatable bonds is 1. The molecule has 1 aromatic rings. The van der Waals surface area contributed by atoms with Crippen LogP contribution in [0.4, 0.5) is 0 Å². The fraction of sp³-hybridized carbons (Fsp3) is 0.696. The Kier molecular flexibility index (Phi) is 5.31. The van der Waals surface area contributed by atoms with E-state index in [9.17, 15) is 15.0 Å². The van der Waals surface area contributed by atoms with E-state index in [1.807, 2.05) is 0 Å². The second-order valence-corrected chi connectivity index (χ2v) is 11.7. The molecular formula is C23H30Br2O5. The first kappa shape index (κ1) is 22.4. The maximum Gasteiger partial charge on any atom is 0.340 e. The summed E-state index contributed by atoms with van der Waals surface area (Å²) in [7, 11) is 1.32. The van der Waals surface area contributed by atoms with Gasteiger partial charge in [0.1, 0.15) is 17.1 Å². The lowest BCUT2D eigenvalue weighted by atomic mass is 9.43. The van der Waals surface area contributed by atoms with Crippen LogP contribution in [0.25, 0.3) is 0 Å². The molecule has 0 aromatic heterocycles. The lowest BCUT2D eigenvalue weighted by Crippen LogP contribution is -2.66. The molecule has 0 radical (unpaired) electrons. The summed E-state index contributed by atoms with van der Waals surface area (Å²) in [6, 6.07) is 0. The Balaban J connectivity index is 1.88. The van der Waals surface area contributed by atoms with Gasteiger partial charge in [-0.2, -0.15) is 0 Å². The maximum absolute atomic E-state index is 12.4. The normalized spacial score (nSPS) is 36.7. The summed E-state index contributed by atoms with van der Waals surface area (Å²) in [6.07, 6.45) is 3.89. The number of halogens is 2. The predicted molar refractivity (Wildman–Crippen MR) is 121 cm³/mol. The third kappa shape index (κ3) is 2.70. The molecular weight excluding hydrogens is 516 g/mol. The Labute approximate surface area is 194 Å². The number of esters is 1. The van der Waals surface area contributed by atoms with Gasteiger partial charge in [-0.15, -0.1) is 0 Å². The van der Waals surface area contributed by atoms with E-state index in [-0.39, 0.29) is 34.2 Å². The highest BCUT2D eigenvalue weighted by Crippen LogP contribution is 2.67. The SMILES string of the molecule is COC(=O)c1c(Br)c(O)c2c(c1Br)O[C@]1(C2)[C@H](C)CC[C@H]2C(C)(C)[C@H](O)CC[C@@]21C. The van der Waals surface area contributed by atoms with E-state index in [0.717, 1.165) is 31.2 Å². The van der Waals surface area contributed by atoms with Crippen LogP contribution >= 0.6 is 31.9 Å². The number of aliphatic hydroxyl groups is 1. The van der Waals surface area contributed by atoms with E-state index in [2.05, 4.69) is 59.6 Å². The minimum atomic E-state index is -0.542. The van der Waals surface area contributed by atoms with Gasteiger partial charge in [0, 0.05) is 17.4 Å². The van der Waals surface area contributed by atoms with Gasteiger partial charge >= 0.3 is 5.97 Å². The number of carbonyl (C=O) groups excluding carboxylic acids is 1. The summed E-state index contributed by atoms with van der Waals surface area (Å²) in [5, 5.41) is 21.8. The second-order valence-electron chi connectivity index (χ2n) is 10.1. The quantitative estimate of drug-likeness (QED) is 0.448. The number of fused-ring (bicyclic) bond motifs is 3. The zero-order valence-electron chi connectivity index (χ0n) is 18.1. The van der Waals surface area contributed by atoms with Crippen LogP contribution < -0.4 is 4.74 Å². The molecule has 0 amide bonds. The van der Waals surface area contributed by atoms with Crippen LogP contribution in [0, 0.1) is 22.7 Å². The highest BCUT2D eigenvalue weighted by molar-refractivity contribution is 9.11. The molecule has 30 heavy (non-hydrogen) atoms. The number of hydrogen-bond donors (Lipinski definition) is 2. The Morgan fingerprint density at radius 3 is 2.47 bits per heavy atom. The smallest absolute Gasteiger partial charge is 0.340 e. The summed E-state index contributed by atoms with van der Waals surface area (Å²) >= 11 is 6.95. The highest BCUT2D eigenvalue weighted by atomic mass is 79.9. The molecule has 166 valence electrons. The van der Waals surface area contributed by atoms with Gasteiger partial charge in [-0.1, -0.05) is 27.7 Å². The number of aliphatic hydroxyl groups excluding tert-OH is 1. The van der Waals surface area contributed by atoms with Crippen molar-refractivity contribution in [2.24, 2.45) is 22.7 Å². The fourth-order valence-electron chi connectivity index (χ4n) is 6.77. The number of methoxy groups -OCH3 is 1. The molecule has 7 heteroatoms. The standard InChI is InChI=1S/C23H30Br2O5/c1-11-6-7-13-21(2,3)14(26)8-9-22(13,4)23(11)10-12-18(27)16(24)15(20(28)29-5)17(25)19(12)30-23/h11,13-14,26-27H,6-10H2,1-5H3/t11-,13+,14-,22+,23-/m1/s1. The molecule has 2 aliphatic carbocycles.